The summed E-state index contributed by atoms with van der Waals surface area (Å²) in [7, 11) is 0. The van der Waals surface area contributed by atoms with E-state index in [9.17, 15) is 4.39 Å². The summed E-state index contributed by atoms with van der Waals surface area (Å²) in [6.07, 6.45) is 0.779. The normalized spacial score (nSPS) is 12.1. The molecular weight excluding hydrogens is 333 g/mol. The van der Waals surface area contributed by atoms with Gasteiger partial charge in [-0.3, -0.25) is 0 Å². The number of likely N-dealkylation sites (N-methyl/N-ethyl adjacent to an activating group) is 1. The van der Waals surface area contributed by atoms with Gasteiger partial charge in [-0.2, -0.15) is 0 Å². The van der Waals surface area contributed by atoms with Crippen molar-refractivity contribution in [2.75, 3.05) is 13.2 Å². The smallest absolute Gasteiger partial charge is 0.124 e. The van der Waals surface area contributed by atoms with Gasteiger partial charge in [-0.05, 0) is 42.8 Å². The van der Waals surface area contributed by atoms with Crippen LogP contribution in [-0.2, 0) is 6.42 Å². The first-order valence-corrected chi connectivity index (χ1v) is 7.83. The standard InChI is InChI=1S/C17H19BrFNO/c1-2-20-15(12-21-16-6-4-3-5-7-16)10-13-8-9-14(19)11-17(13)18/h3-9,11,15,20H,2,10,12H2,1H3. The van der Waals surface area contributed by atoms with Crippen molar-refractivity contribution >= 4 is 15.9 Å². The monoisotopic (exact) mass is 351 g/mol. The molecule has 4 heteroatoms. The van der Waals surface area contributed by atoms with E-state index in [1.165, 1.54) is 12.1 Å². The average molecular weight is 352 g/mol. The van der Waals surface area contributed by atoms with Crippen molar-refractivity contribution in [3.8, 4) is 5.75 Å². The summed E-state index contributed by atoms with van der Waals surface area (Å²) in [6, 6.07) is 14.7. The van der Waals surface area contributed by atoms with Gasteiger partial charge in [-0.15, -0.1) is 0 Å². The second kappa shape index (κ2) is 8.15. The minimum absolute atomic E-state index is 0.178. The molecule has 0 spiro atoms. The highest BCUT2D eigenvalue weighted by Crippen LogP contribution is 2.20. The minimum atomic E-state index is -0.230. The van der Waals surface area contributed by atoms with Crippen LogP contribution in [0.5, 0.6) is 5.75 Å². The van der Waals surface area contributed by atoms with Crippen LogP contribution in [0.4, 0.5) is 4.39 Å². The fourth-order valence-corrected chi connectivity index (χ4v) is 2.66. The number of ether oxygens (including phenoxy) is 1. The van der Waals surface area contributed by atoms with Crippen LogP contribution in [-0.4, -0.2) is 19.2 Å². The van der Waals surface area contributed by atoms with Crippen molar-refractivity contribution in [2.24, 2.45) is 0 Å². The summed E-state index contributed by atoms with van der Waals surface area (Å²) in [5.74, 6) is 0.629. The molecule has 112 valence electrons. The van der Waals surface area contributed by atoms with Crippen LogP contribution in [0.15, 0.2) is 53.0 Å². The van der Waals surface area contributed by atoms with Gasteiger partial charge in [0.2, 0.25) is 0 Å². The fourth-order valence-electron chi connectivity index (χ4n) is 2.14. The van der Waals surface area contributed by atoms with E-state index in [0.29, 0.717) is 6.61 Å². The molecular formula is C17H19BrFNO. The number of para-hydroxylation sites is 1. The highest BCUT2D eigenvalue weighted by molar-refractivity contribution is 9.10. The van der Waals surface area contributed by atoms with Crippen LogP contribution in [0.1, 0.15) is 12.5 Å². The molecule has 2 rings (SSSR count). The molecule has 0 amide bonds. The summed E-state index contributed by atoms with van der Waals surface area (Å²) in [6.45, 7) is 3.50. The summed E-state index contributed by atoms with van der Waals surface area (Å²) >= 11 is 3.41. The molecule has 2 nitrogen and oxygen atoms in total. The van der Waals surface area contributed by atoms with Crippen molar-refractivity contribution in [3.05, 3.63) is 64.4 Å². The first kappa shape index (κ1) is 16.0. The number of halogens is 2. The largest absolute Gasteiger partial charge is 0.492 e. The predicted molar refractivity (Wildman–Crippen MR) is 87.2 cm³/mol. The van der Waals surface area contributed by atoms with Crippen molar-refractivity contribution in [2.45, 2.75) is 19.4 Å². The molecule has 21 heavy (non-hydrogen) atoms. The summed E-state index contributed by atoms with van der Waals surface area (Å²) < 4.78 is 19.7. The third kappa shape index (κ3) is 5.14. The highest BCUT2D eigenvalue weighted by atomic mass is 79.9. The van der Waals surface area contributed by atoms with Gasteiger partial charge in [-0.1, -0.05) is 47.1 Å². The molecule has 0 heterocycles. The van der Waals surface area contributed by atoms with Crippen LogP contribution in [0.3, 0.4) is 0 Å². The van der Waals surface area contributed by atoms with Gasteiger partial charge in [0.15, 0.2) is 0 Å². The molecule has 0 saturated carbocycles. The molecule has 0 aromatic heterocycles. The zero-order valence-corrected chi connectivity index (χ0v) is 13.6. The second-order valence-electron chi connectivity index (χ2n) is 4.82. The zero-order chi connectivity index (χ0) is 15.1. The Morgan fingerprint density at radius 3 is 2.62 bits per heavy atom. The van der Waals surface area contributed by atoms with Crippen molar-refractivity contribution in [1.29, 1.82) is 0 Å². The first-order valence-electron chi connectivity index (χ1n) is 7.04. The van der Waals surface area contributed by atoms with E-state index >= 15 is 0 Å². The van der Waals surface area contributed by atoms with Gasteiger partial charge in [0.1, 0.15) is 18.2 Å². The number of hydrogen-bond donors (Lipinski definition) is 1. The molecule has 1 unspecified atom stereocenters. The molecule has 0 aliphatic carbocycles. The van der Waals surface area contributed by atoms with Gasteiger partial charge in [0, 0.05) is 10.5 Å². The van der Waals surface area contributed by atoms with Gasteiger partial charge in [0.25, 0.3) is 0 Å². The van der Waals surface area contributed by atoms with Crippen LogP contribution in [0.25, 0.3) is 0 Å². The van der Waals surface area contributed by atoms with E-state index in [-0.39, 0.29) is 11.9 Å². The molecule has 2 aromatic carbocycles. The van der Waals surface area contributed by atoms with E-state index in [2.05, 4.69) is 28.2 Å². The summed E-state index contributed by atoms with van der Waals surface area (Å²) in [5, 5.41) is 3.40. The SMILES string of the molecule is CCNC(COc1ccccc1)Cc1ccc(F)cc1Br. The van der Waals surface area contributed by atoms with Crippen LogP contribution in [0, 0.1) is 5.82 Å². The molecule has 0 aliphatic rings. The number of nitrogens with one attached hydrogen (secondary N) is 1. The Labute approximate surface area is 133 Å². The molecule has 0 fully saturated rings. The lowest BCUT2D eigenvalue weighted by atomic mass is 10.1. The van der Waals surface area contributed by atoms with E-state index in [1.807, 2.05) is 36.4 Å². The first-order chi connectivity index (χ1) is 10.2. The molecule has 1 N–H and O–H groups in total. The Kier molecular flexibility index (Phi) is 6.21. The maximum Gasteiger partial charge on any atom is 0.124 e. The average Bonchev–Trinajstić information content (AvgIpc) is 2.49. The molecule has 2 aromatic rings. The van der Waals surface area contributed by atoms with Gasteiger partial charge >= 0.3 is 0 Å². The van der Waals surface area contributed by atoms with Crippen LogP contribution < -0.4 is 10.1 Å². The lowest BCUT2D eigenvalue weighted by Crippen LogP contribution is -2.36. The van der Waals surface area contributed by atoms with E-state index in [4.69, 9.17) is 4.74 Å². The number of rotatable bonds is 7. The predicted octanol–water partition coefficient (Wildman–Crippen LogP) is 4.19. The topological polar surface area (TPSA) is 21.3 Å². The summed E-state index contributed by atoms with van der Waals surface area (Å²) in [5.41, 5.74) is 1.07. The highest BCUT2D eigenvalue weighted by Gasteiger charge is 2.12. The van der Waals surface area contributed by atoms with E-state index in [1.54, 1.807) is 0 Å². The Bertz CT molecular complexity index is 562. The third-order valence-electron chi connectivity index (χ3n) is 3.17. The lowest BCUT2D eigenvalue weighted by Gasteiger charge is -2.19. The maximum absolute atomic E-state index is 13.1. The Balaban J connectivity index is 1.98. The number of hydrogen-bond acceptors (Lipinski definition) is 2. The molecule has 0 aliphatic heterocycles. The van der Waals surface area contributed by atoms with Crippen molar-refractivity contribution < 1.29 is 9.13 Å². The Hall–Kier alpha value is -1.39. The minimum Gasteiger partial charge on any atom is -0.492 e. The van der Waals surface area contributed by atoms with E-state index in [0.717, 1.165) is 28.8 Å². The van der Waals surface area contributed by atoms with Crippen molar-refractivity contribution in [1.82, 2.24) is 5.32 Å². The quantitative estimate of drug-likeness (QED) is 0.807. The maximum atomic E-state index is 13.1. The lowest BCUT2D eigenvalue weighted by molar-refractivity contribution is 0.264. The van der Waals surface area contributed by atoms with Crippen molar-refractivity contribution in [3.63, 3.8) is 0 Å². The van der Waals surface area contributed by atoms with E-state index < -0.39 is 0 Å². The third-order valence-corrected chi connectivity index (χ3v) is 3.91. The fraction of sp³-hybridized carbons (Fsp3) is 0.294. The second-order valence-corrected chi connectivity index (χ2v) is 5.67. The Morgan fingerprint density at radius 1 is 1.19 bits per heavy atom. The Morgan fingerprint density at radius 2 is 1.95 bits per heavy atom. The zero-order valence-electron chi connectivity index (χ0n) is 12.0. The van der Waals surface area contributed by atoms with Gasteiger partial charge in [0.05, 0.1) is 0 Å². The molecule has 0 radical (unpaired) electrons. The molecule has 0 saturated heterocycles. The summed E-state index contributed by atoms with van der Waals surface area (Å²) in [4.78, 5) is 0. The number of benzene rings is 2. The molecule has 0 bridgehead atoms. The van der Waals surface area contributed by atoms with Gasteiger partial charge in [-0.25, -0.2) is 4.39 Å². The van der Waals surface area contributed by atoms with Crippen LogP contribution >= 0.6 is 15.9 Å². The molecule has 1 atom stereocenters. The van der Waals surface area contributed by atoms with Gasteiger partial charge < -0.3 is 10.1 Å². The van der Waals surface area contributed by atoms with Crippen LogP contribution in [0.2, 0.25) is 0 Å².